The van der Waals surface area contributed by atoms with Crippen LogP contribution in [-0.4, -0.2) is 48.4 Å². The Morgan fingerprint density at radius 3 is 2.82 bits per heavy atom. The molecule has 0 radical (unpaired) electrons. The van der Waals surface area contributed by atoms with Gasteiger partial charge in [-0.1, -0.05) is 11.8 Å². The summed E-state index contributed by atoms with van der Waals surface area (Å²) in [5, 5.41) is 0.642. The second kappa shape index (κ2) is 7.31. The maximum absolute atomic E-state index is 5.55. The molecular weight excluding hydrogens is 238 g/mol. The van der Waals surface area contributed by atoms with E-state index in [1.165, 1.54) is 11.8 Å². The van der Waals surface area contributed by atoms with Crippen molar-refractivity contribution in [2.75, 3.05) is 38.9 Å². The molecule has 0 saturated carbocycles. The Balaban J connectivity index is 2.51. The number of nitrogen functional groups attached to an aromatic ring is 1. The molecule has 0 saturated heterocycles. The van der Waals surface area contributed by atoms with Crippen molar-refractivity contribution in [2.24, 2.45) is 5.84 Å². The molecule has 0 aromatic carbocycles. The van der Waals surface area contributed by atoms with E-state index in [0.29, 0.717) is 23.5 Å². The summed E-state index contributed by atoms with van der Waals surface area (Å²) in [6, 6.07) is 1.69. The summed E-state index contributed by atoms with van der Waals surface area (Å²) in [5.41, 5.74) is 2.50. The molecule has 1 heterocycles. The SMILES string of the molecule is CSc1nc(NN)cc(OCCCN(C)C)n1. The lowest BCUT2D eigenvalue weighted by Gasteiger charge is -2.10. The van der Waals surface area contributed by atoms with E-state index in [-0.39, 0.29) is 0 Å². The Morgan fingerprint density at radius 2 is 2.24 bits per heavy atom. The number of hydrazine groups is 1. The first-order valence-corrected chi connectivity index (χ1v) is 6.55. The van der Waals surface area contributed by atoms with Gasteiger partial charge < -0.3 is 15.1 Å². The van der Waals surface area contributed by atoms with Gasteiger partial charge in [0.25, 0.3) is 0 Å². The second-order valence-electron chi connectivity index (χ2n) is 3.73. The highest BCUT2D eigenvalue weighted by molar-refractivity contribution is 7.98. The molecule has 0 aliphatic heterocycles. The summed E-state index contributed by atoms with van der Waals surface area (Å²) in [6.45, 7) is 1.62. The van der Waals surface area contributed by atoms with E-state index < -0.39 is 0 Å². The summed E-state index contributed by atoms with van der Waals surface area (Å²) in [4.78, 5) is 10.5. The van der Waals surface area contributed by atoms with Crippen LogP contribution in [0.2, 0.25) is 0 Å². The van der Waals surface area contributed by atoms with Crippen LogP contribution in [0.5, 0.6) is 5.88 Å². The Kier molecular flexibility index (Phi) is 6.03. The molecule has 0 spiro atoms. The Hall–Kier alpha value is -1.05. The molecule has 0 fully saturated rings. The summed E-state index contributed by atoms with van der Waals surface area (Å²) >= 11 is 1.45. The summed E-state index contributed by atoms with van der Waals surface area (Å²) in [7, 11) is 4.07. The molecule has 1 rings (SSSR count). The zero-order chi connectivity index (χ0) is 12.7. The third-order valence-corrected chi connectivity index (χ3v) is 2.56. The Bertz CT molecular complexity index is 325. The lowest BCUT2D eigenvalue weighted by molar-refractivity contribution is 0.271. The number of nitrogens with two attached hydrogens (primary N) is 1. The third kappa shape index (κ3) is 5.20. The Labute approximate surface area is 106 Å². The van der Waals surface area contributed by atoms with Crippen LogP contribution in [0.15, 0.2) is 11.2 Å². The summed E-state index contributed by atoms with van der Waals surface area (Å²) in [6.07, 6.45) is 2.86. The minimum Gasteiger partial charge on any atom is -0.477 e. The molecule has 96 valence electrons. The standard InChI is InChI=1S/C10H19N5OS/c1-15(2)5-4-6-16-9-7-8(14-11)12-10(13-9)17-3/h7H,4-6,11H2,1-3H3,(H,12,13,14). The molecule has 6 nitrogen and oxygen atoms in total. The maximum atomic E-state index is 5.55. The molecule has 1 aromatic heterocycles. The van der Waals surface area contributed by atoms with Gasteiger partial charge in [-0.05, 0) is 26.8 Å². The average molecular weight is 257 g/mol. The van der Waals surface area contributed by atoms with Gasteiger partial charge in [-0.25, -0.2) is 10.8 Å². The fourth-order valence-electron chi connectivity index (χ4n) is 1.20. The molecule has 0 unspecified atom stereocenters. The average Bonchev–Trinajstić information content (AvgIpc) is 2.34. The van der Waals surface area contributed by atoms with Crippen LogP contribution in [0.25, 0.3) is 0 Å². The van der Waals surface area contributed by atoms with Crippen molar-refractivity contribution in [1.82, 2.24) is 14.9 Å². The highest BCUT2D eigenvalue weighted by Crippen LogP contribution is 2.18. The van der Waals surface area contributed by atoms with Crippen LogP contribution in [0.1, 0.15) is 6.42 Å². The van der Waals surface area contributed by atoms with Gasteiger partial charge in [-0.2, -0.15) is 4.98 Å². The molecule has 0 aliphatic carbocycles. The molecule has 17 heavy (non-hydrogen) atoms. The van der Waals surface area contributed by atoms with Crippen molar-refractivity contribution in [2.45, 2.75) is 11.6 Å². The second-order valence-corrected chi connectivity index (χ2v) is 4.50. The fourth-order valence-corrected chi connectivity index (χ4v) is 1.57. The molecule has 0 bridgehead atoms. The molecule has 7 heteroatoms. The van der Waals surface area contributed by atoms with E-state index in [4.69, 9.17) is 10.6 Å². The lowest BCUT2D eigenvalue weighted by Crippen LogP contribution is -2.16. The quantitative estimate of drug-likeness (QED) is 0.246. The van der Waals surface area contributed by atoms with Crippen molar-refractivity contribution >= 4 is 17.6 Å². The van der Waals surface area contributed by atoms with Crippen LogP contribution < -0.4 is 16.0 Å². The number of nitrogens with one attached hydrogen (secondary N) is 1. The van der Waals surface area contributed by atoms with Crippen molar-refractivity contribution in [3.8, 4) is 5.88 Å². The zero-order valence-corrected chi connectivity index (χ0v) is 11.3. The first kappa shape index (κ1) is 14.0. The van der Waals surface area contributed by atoms with Gasteiger partial charge >= 0.3 is 0 Å². The number of anilines is 1. The summed E-state index contributed by atoms with van der Waals surface area (Å²) < 4.78 is 5.55. The predicted molar refractivity (Wildman–Crippen MR) is 70.3 cm³/mol. The molecular formula is C10H19N5OS. The normalized spacial score (nSPS) is 10.6. The number of rotatable bonds is 7. The van der Waals surface area contributed by atoms with Crippen LogP contribution in [-0.2, 0) is 0 Å². The topological polar surface area (TPSA) is 76.3 Å². The maximum Gasteiger partial charge on any atom is 0.219 e. The van der Waals surface area contributed by atoms with Crippen LogP contribution in [0.4, 0.5) is 5.82 Å². The molecule has 1 aromatic rings. The van der Waals surface area contributed by atoms with Gasteiger partial charge in [0.05, 0.1) is 6.61 Å². The largest absolute Gasteiger partial charge is 0.477 e. The van der Waals surface area contributed by atoms with Crippen molar-refractivity contribution in [3.63, 3.8) is 0 Å². The lowest BCUT2D eigenvalue weighted by atomic mass is 10.4. The molecule has 3 N–H and O–H groups in total. The molecule has 0 atom stereocenters. The van der Waals surface area contributed by atoms with E-state index in [0.717, 1.165) is 13.0 Å². The summed E-state index contributed by atoms with van der Waals surface area (Å²) in [5.74, 6) is 6.44. The smallest absolute Gasteiger partial charge is 0.219 e. The Morgan fingerprint density at radius 1 is 1.47 bits per heavy atom. The number of hydrogen-bond acceptors (Lipinski definition) is 7. The monoisotopic (exact) mass is 257 g/mol. The number of hydrogen-bond donors (Lipinski definition) is 2. The van der Waals surface area contributed by atoms with E-state index in [9.17, 15) is 0 Å². The van der Waals surface area contributed by atoms with E-state index in [2.05, 4.69) is 20.3 Å². The van der Waals surface area contributed by atoms with Crippen LogP contribution in [0.3, 0.4) is 0 Å². The highest BCUT2D eigenvalue weighted by Gasteiger charge is 2.04. The van der Waals surface area contributed by atoms with Crippen LogP contribution in [0, 0.1) is 0 Å². The van der Waals surface area contributed by atoms with Crippen molar-refractivity contribution in [1.29, 1.82) is 0 Å². The number of thioether (sulfide) groups is 1. The number of ether oxygens (including phenoxy) is 1. The van der Waals surface area contributed by atoms with Gasteiger partial charge in [-0.15, -0.1) is 0 Å². The molecule has 0 aliphatic rings. The van der Waals surface area contributed by atoms with E-state index in [1.807, 2.05) is 20.4 Å². The number of aromatic nitrogens is 2. The first-order valence-electron chi connectivity index (χ1n) is 5.33. The molecule has 0 amide bonds. The highest BCUT2D eigenvalue weighted by atomic mass is 32.2. The van der Waals surface area contributed by atoms with E-state index in [1.54, 1.807) is 6.07 Å². The van der Waals surface area contributed by atoms with E-state index >= 15 is 0 Å². The van der Waals surface area contributed by atoms with Gasteiger partial charge in [0.15, 0.2) is 5.16 Å². The van der Waals surface area contributed by atoms with Crippen LogP contribution >= 0.6 is 11.8 Å². The van der Waals surface area contributed by atoms with Gasteiger partial charge in [0, 0.05) is 12.6 Å². The van der Waals surface area contributed by atoms with Crippen molar-refractivity contribution < 1.29 is 4.74 Å². The fraction of sp³-hybridized carbons (Fsp3) is 0.600. The van der Waals surface area contributed by atoms with Gasteiger partial charge in [0.2, 0.25) is 5.88 Å². The minimum atomic E-state index is 0.552. The van der Waals surface area contributed by atoms with Crippen molar-refractivity contribution in [3.05, 3.63) is 6.07 Å². The zero-order valence-electron chi connectivity index (χ0n) is 10.4. The third-order valence-electron chi connectivity index (χ3n) is 2.01. The predicted octanol–water partition coefficient (Wildman–Crippen LogP) is 0.815. The van der Waals surface area contributed by atoms with Gasteiger partial charge in [0.1, 0.15) is 5.82 Å². The first-order chi connectivity index (χ1) is 8.15. The van der Waals surface area contributed by atoms with Gasteiger partial charge in [-0.3, -0.25) is 0 Å². The minimum absolute atomic E-state index is 0.552. The number of nitrogens with zero attached hydrogens (tertiary/aromatic N) is 3.